The Morgan fingerprint density at radius 1 is 1.04 bits per heavy atom. The van der Waals surface area contributed by atoms with Crippen molar-refractivity contribution in [2.24, 2.45) is 0 Å². The van der Waals surface area contributed by atoms with Crippen LogP contribution in [0, 0.1) is 0 Å². The highest BCUT2D eigenvalue weighted by Gasteiger charge is 2.13. The monoisotopic (exact) mass is 341 g/mol. The number of aromatic nitrogens is 2. The lowest BCUT2D eigenvalue weighted by Gasteiger charge is -2.03. The van der Waals surface area contributed by atoms with Gasteiger partial charge in [0, 0.05) is 6.42 Å². The number of amides is 1. The zero-order chi connectivity index (χ0) is 16.9. The number of hydrogen-bond acceptors (Lipinski definition) is 6. The minimum Gasteiger partial charge on any atom is -0.464 e. The molecular weight excluding hydrogens is 314 g/mol. The van der Waals surface area contributed by atoms with Crippen LogP contribution in [0.25, 0.3) is 0 Å². The van der Waals surface area contributed by atoms with E-state index in [9.17, 15) is 9.59 Å². The molecule has 1 N–H and O–H groups in total. The first-order chi connectivity index (χ1) is 11.2. The number of methoxy groups -OCH3 is 1. The summed E-state index contributed by atoms with van der Waals surface area (Å²) in [4.78, 5) is 23.0. The Hall–Kier alpha value is -1.50. The second-order valence-electron chi connectivity index (χ2n) is 5.49. The Kier molecular flexibility index (Phi) is 10.2. The fraction of sp³-hybridized carbons (Fsp3) is 0.750. The van der Waals surface area contributed by atoms with E-state index in [4.69, 9.17) is 0 Å². The van der Waals surface area contributed by atoms with Crippen LogP contribution in [0.3, 0.4) is 0 Å². The van der Waals surface area contributed by atoms with Gasteiger partial charge in [-0.2, -0.15) is 0 Å². The number of ether oxygens (including phenoxy) is 1. The van der Waals surface area contributed by atoms with E-state index in [0.29, 0.717) is 18.0 Å². The highest BCUT2D eigenvalue weighted by atomic mass is 32.1. The van der Waals surface area contributed by atoms with E-state index in [1.54, 1.807) is 0 Å². The molecule has 0 aliphatic heterocycles. The van der Waals surface area contributed by atoms with Crippen LogP contribution in [-0.4, -0.2) is 29.2 Å². The summed E-state index contributed by atoms with van der Waals surface area (Å²) < 4.78 is 4.56. The van der Waals surface area contributed by atoms with E-state index < -0.39 is 5.97 Å². The third-order valence-corrected chi connectivity index (χ3v) is 4.42. The molecule has 0 aliphatic carbocycles. The third-order valence-electron chi connectivity index (χ3n) is 3.52. The molecule has 0 fully saturated rings. The highest BCUT2D eigenvalue weighted by Crippen LogP contribution is 2.11. The van der Waals surface area contributed by atoms with Crippen molar-refractivity contribution in [3.8, 4) is 0 Å². The lowest BCUT2D eigenvalue weighted by Crippen LogP contribution is -2.22. The van der Waals surface area contributed by atoms with Gasteiger partial charge in [-0.05, 0) is 6.42 Å². The lowest BCUT2D eigenvalue weighted by molar-refractivity contribution is -0.121. The van der Waals surface area contributed by atoms with Gasteiger partial charge in [0.05, 0.1) is 13.7 Å². The molecule has 0 bridgehead atoms. The Morgan fingerprint density at radius 3 is 2.35 bits per heavy atom. The zero-order valence-corrected chi connectivity index (χ0v) is 14.9. The maximum absolute atomic E-state index is 11.7. The summed E-state index contributed by atoms with van der Waals surface area (Å²) in [6, 6.07) is 0. The predicted molar refractivity (Wildman–Crippen MR) is 90.3 cm³/mol. The molecule has 23 heavy (non-hydrogen) atoms. The molecule has 0 radical (unpaired) electrons. The lowest BCUT2D eigenvalue weighted by atomic mass is 10.1. The predicted octanol–water partition coefficient (Wildman–Crippen LogP) is 3.47. The topological polar surface area (TPSA) is 81.2 Å². The summed E-state index contributed by atoms with van der Waals surface area (Å²) in [5, 5.41) is 11.2. The van der Waals surface area contributed by atoms with E-state index in [-0.39, 0.29) is 10.9 Å². The van der Waals surface area contributed by atoms with Gasteiger partial charge in [-0.1, -0.05) is 63.2 Å². The molecule has 1 aromatic heterocycles. The molecule has 1 heterocycles. The summed E-state index contributed by atoms with van der Waals surface area (Å²) in [7, 11) is 1.30. The fourth-order valence-corrected chi connectivity index (χ4v) is 2.87. The first-order valence-electron chi connectivity index (χ1n) is 8.34. The van der Waals surface area contributed by atoms with E-state index in [2.05, 4.69) is 27.2 Å². The molecule has 0 spiro atoms. The molecule has 0 saturated carbocycles. The van der Waals surface area contributed by atoms with Crippen LogP contribution in [0.2, 0.25) is 0 Å². The quantitative estimate of drug-likeness (QED) is 0.465. The Labute approximate surface area is 142 Å². The number of carbonyl (C=O) groups is 2. The van der Waals surface area contributed by atoms with E-state index in [1.165, 1.54) is 45.6 Å². The average Bonchev–Trinajstić information content (AvgIpc) is 3.03. The van der Waals surface area contributed by atoms with Crippen LogP contribution < -0.4 is 5.32 Å². The standard InChI is InChI=1S/C16H27N3O3S/c1-3-4-5-6-7-8-9-10-11-13(20)17-12-14-18-19-15(23-14)16(21)22-2/h3-12H2,1-2H3,(H,17,20). The van der Waals surface area contributed by atoms with Gasteiger partial charge in [0.2, 0.25) is 10.9 Å². The van der Waals surface area contributed by atoms with Crippen LogP contribution in [-0.2, 0) is 16.1 Å². The van der Waals surface area contributed by atoms with Crippen LogP contribution >= 0.6 is 11.3 Å². The summed E-state index contributed by atoms with van der Waals surface area (Å²) in [5.74, 6) is -0.482. The molecule has 7 heteroatoms. The van der Waals surface area contributed by atoms with E-state index in [1.807, 2.05) is 0 Å². The first-order valence-corrected chi connectivity index (χ1v) is 9.16. The molecule has 0 atom stereocenters. The van der Waals surface area contributed by atoms with Crippen molar-refractivity contribution < 1.29 is 14.3 Å². The molecule has 1 amide bonds. The summed E-state index contributed by atoms with van der Waals surface area (Å²) in [6.45, 7) is 2.53. The second-order valence-corrected chi connectivity index (χ2v) is 6.56. The van der Waals surface area contributed by atoms with Gasteiger partial charge in [-0.3, -0.25) is 4.79 Å². The minimum absolute atomic E-state index is 0.0193. The molecule has 1 aromatic rings. The molecule has 0 aromatic carbocycles. The number of nitrogens with one attached hydrogen (secondary N) is 1. The number of esters is 1. The van der Waals surface area contributed by atoms with Gasteiger partial charge in [-0.15, -0.1) is 10.2 Å². The SMILES string of the molecule is CCCCCCCCCCC(=O)NCc1nnc(C(=O)OC)s1. The Balaban J connectivity index is 2.06. The smallest absolute Gasteiger partial charge is 0.369 e. The van der Waals surface area contributed by atoms with Crippen molar-refractivity contribution >= 4 is 23.2 Å². The summed E-state index contributed by atoms with van der Waals surface area (Å²) >= 11 is 1.14. The zero-order valence-electron chi connectivity index (χ0n) is 14.1. The van der Waals surface area contributed by atoms with Crippen LogP contribution in [0.1, 0.15) is 79.5 Å². The maximum atomic E-state index is 11.7. The molecular formula is C16H27N3O3S. The van der Waals surface area contributed by atoms with Crippen LogP contribution in [0.4, 0.5) is 0 Å². The van der Waals surface area contributed by atoms with Crippen molar-refractivity contribution in [1.82, 2.24) is 15.5 Å². The van der Waals surface area contributed by atoms with E-state index in [0.717, 1.165) is 24.2 Å². The van der Waals surface area contributed by atoms with Gasteiger partial charge in [-0.25, -0.2) is 4.79 Å². The largest absolute Gasteiger partial charge is 0.464 e. The van der Waals surface area contributed by atoms with Crippen LogP contribution in [0.5, 0.6) is 0 Å². The Morgan fingerprint density at radius 2 is 1.70 bits per heavy atom. The van der Waals surface area contributed by atoms with Crippen molar-refractivity contribution in [1.29, 1.82) is 0 Å². The van der Waals surface area contributed by atoms with Gasteiger partial charge in [0.1, 0.15) is 5.01 Å². The van der Waals surface area contributed by atoms with Gasteiger partial charge in [0.15, 0.2) is 0 Å². The molecule has 130 valence electrons. The molecule has 0 saturated heterocycles. The van der Waals surface area contributed by atoms with Gasteiger partial charge >= 0.3 is 5.97 Å². The van der Waals surface area contributed by atoms with Crippen molar-refractivity contribution in [2.45, 2.75) is 71.3 Å². The summed E-state index contributed by atoms with van der Waals surface area (Å²) in [6.07, 6.45) is 10.3. The molecule has 0 unspecified atom stereocenters. The van der Waals surface area contributed by atoms with Crippen LogP contribution in [0.15, 0.2) is 0 Å². The molecule has 6 nitrogen and oxygen atoms in total. The highest BCUT2D eigenvalue weighted by molar-refractivity contribution is 7.13. The number of nitrogens with zero attached hydrogens (tertiary/aromatic N) is 2. The van der Waals surface area contributed by atoms with Gasteiger partial charge in [0.25, 0.3) is 0 Å². The fourth-order valence-electron chi connectivity index (χ4n) is 2.18. The second kappa shape index (κ2) is 12.0. The molecule has 0 aliphatic rings. The van der Waals surface area contributed by atoms with Crippen molar-refractivity contribution in [2.75, 3.05) is 7.11 Å². The molecule has 1 rings (SSSR count). The van der Waals surface area contributed by atoms with Gasteiger partial charge < -0.3 is 10.1 Å². The number of carbonyl (C=O) groups excluding carboxylic acids is 2. The van der Waals surface area contributed by atoms with E-state index >= 15 is 0 Å². The Bertz CT molecular complexity index is 477. The number of rotatable bonds is 12. The minimum atomic E-state index is -0.501. The van der Waals surface area contributed by atoms with Crippen molar-refractivity contribution in [3.63, 3.8) is 0 Å². The summed E-state index contributed by atoms with van der Waals surface area (Å²) in [5.41, 5.74) is 0. The normalized spacial score (nSPS) is 10.5. The maximum Gasteiger partial charge on any atom is 0.369 e. The van der Waals surface area contributed by atoms with Crippen molar-refractivity contribution in [3.05, 3.63) is 10.0 Å². The third kappa shape index (κ3) is 8.64. The first kappa shape index (κ1) is 19.5. The average molecular weight is 341 g/mol. The number of hydrogen-bond donors (Lipinski definition) is 1. The number of unbranched alkanes of at least 4 members (excludes halogenated alkanes) is 7.